The maximum atomic E-state index is 11.9. The van der Waals surface area contributed by atoms with Gasteiger partial charge < -0.3 is 4.74 Å². The van der Waals surface area contributed by atoms with Crippen LogP contribution >= 0.6 is 0 Å². The fourth-order valence-corrected chi connectivity index (χ4v) is 1.76. The van der Waals surface area contributed by atoms with Gasteiger partial charge in [0.1, 0.15) is 6.33 Å². The van der Waals surface area contributed by atoms with Gasteiger partial charge >= 0.3 is 0 Å². The number of ether oxygens (including phenoxy) is 1. The van der Waals surface area contributed by atoms with E-state index in [1.54, 1.807) is 7.05 Å². The molecule has 0 amide bonds. The van der Waals surface area contributed by atoms with Gasteiger partial charge in [0, 0.05) is 13.7 Å². The van der Waals surface area contributed by atoms with E-state index >= 15 is 0 Å². The summed E-state index contributed by atoms with van der Waals surface area (Å²) in [5.74, 6) is 0.403. The van der Waals surface area contributed by atoms with Crippen molar-refractivity contribution in [3.05, 3.63) is 12.2 Å². The fourth-order valence-electron chi connectivity index (χ4n) is 1.76. The SMILES string of the molecule is CC1OCCC1C(=O)c1ncnn1C. The number of rotatable bonds is 2. The molecule has 76 valence electrons. The number of ketones is 1. The van der Waals surface area contributed by atoms with Gasteiger partial charge in [-0.2, -0.15) is 5.10 Å². The molecule has 14 heavy (non-hydrogen) atoms. The van der Waals surface area contributed by atoms with Crippen molar-refractivity contribution in [3.8, 4) is 0 Å². The molecule has 0 spiro atoms. The van der Waals surface area contributed by atoms with E-state index in [4.69, 9.17) is 4.74 Å². The van der Waals surface area contributed by atoms with Crippen LogP contribution in [0.5, 0.6) is 0 Å². The first-order chi connectivity index (χ1) is 6.70. The lowest BCUT2D eigenvalue weighted by atomic mass is 9.97. The summed E-state index contributed by atoms with van der Waals surface area (Å²) in [5, 5.41) is 3.88. The summed E-state index contributed by atoms with van der Waals surface area (Å²) < 4.78 is 6.85. The van der Waals surface area contributed by atoms with E-state index in [-0.39, 0.29) is 17.8 Å². The number of carbonyl (C=O) groups is 1. The smallest absolute Gasteiger partial charge is 0.205 e. The van der Waals surface area contributed by atoms with Crippen LogP contribution in [0.1, 0.15) is 24.0 Å². The molecule has 0 radical (unpaired) electrons. The van der Waals surface area contributed by atoms with Gasteiger partial charge in [-0.3, -0.25) is 4.79 Å². The van der Waals surface area contributed by atoms with E-state index in [9.17, 15) is 4.79 Å². The Morgan fingerprint density at radius 3 is 3.00 bits per heavy atom. The molecule has 1 saturated heterocycles. The largest absolute Gasteiger partial charge is 0.378 e. The molecular formula is C9H13N3O2. The molecule has 1 aliphatic rings. The number of Topliss-reactive ketones (excluding diaryl/α,β-unsaturated/α-hetero) is 1. The van der Waals surface area contributed by atoms with E-state index in [1.807, 2.05) is 6.92 Å². The molecule has 0 N–H and O–H groups in total. The monoisotopic (exact) mass is 195 g/mol. The minimum absolute atomic E-state index is 0.000741. The van der Waals surface area contributed by atoms with E-state index < -0.39 is 0 Å². The average Bonchev–Trinajstić information content (AvgIpc) is 2.73. The Balaban J connectivity index is 2.20. The van der Waals surface area contributed by atoms with Crippen LogP contribution in [0.2, 0.25) is 0 Å². The van der Waals surface area contributed by atoms with E-state index in [1.165, 1.54) is 11.0 Å². The van der Waals surface area contributed by atoms with Crippen molar-refractivity contribution >= 4 is 5.78 Å². The van der Waals surface area contributed by atoms with Crippen LogP contribution in [0.3, 0.4) is 0 Å². The van der Waals surface area contributed by atoms with Gasteiger partial charge in [0.15, 0.2) is 5.82 Å². The Kier molecular flexibility index (Phi) is 2.33. The molecule has 2 unspecified atom stereocenters. The van der Waals surface area contributed by atoms with Crippen molar-refractivity contribution in [2.75, 3.05) is 6.61 Å². The zero-order chi connectivity index (χ0) is 10.1. The third-order valence-corrected chi connectivity index (χ3v) is 2.64. The van der Waals surface area contributed by atoms with Crippen molar-refractivity contribution in [1.82, 2.24) is 14.8 Å². The van der Waals surface area contributed by atoms with Gasteiger partial charge in [-0.1, -0.05) is 0 Å². The molecule has 1 fully saturated rings. The molecule has 0 aliphatic carbocycles. The zero-order valence-electron chi connectivity index (χ0n) is 8.30. The minimum atomic E-state index is -0.0575. The number of aryl methyl sites for hydroxylation is 1. The van der Waals surface area contributed by atoms with Gasteiger partial charge in [-0.15, -0.1) is 0 Å². The van der Waals surface area contributed by atoms with Crippen LogP contribution in [0, 0.1) is 5.92 Å². The van der Waals surface area contributed by atoms with E-state index in [0.29, 0.717) is 12.4 Å². The highest BCUT2D eigenvalue weighted by molar-refractivity contribution is 5.95. The Hall–Kier alpha value is -1.23. The maximum absolute atomic E-state index is 11.9. The van der Waals surface area contributed by atoms with Crippen LogP contribution in [0.25, 0.3) is 0 Å². The molecule has 1 aromatic heterocycles. The summed E-state index contributed by atoms with van der Waals surface area (Å²) in [6.45, 7) is 2.58. The molecule has 1 aromatic rings. The molecule has 2 heterocycles. The second-order valence-electron chi connectivity index (χ2n) is 3.54. The van der Waals surface area contributed by atoms with Gasteiger partial charge in [-0.25, -0.2) is 9.67 Å². The second kappa shape index (κ2) is 3.49. The normalized spacial score (nSPS) is 26.7. The summed E-state index contributed by atoms with van der Waals surface area (Å²) in [5.41, 5.74) is 0. The molecule has 0 bridgehead atoms. The topological polar surface area (TPSA) is 57.0 Å². The van der Waals surface area contributed by atoms with Crippen molar-refractivity contribution < 1.29 is 9.53 Å². The van der Waals surface area contributed by atoms with Gasteiger partial charge in [-0.05, 0) is 13.3 Å². The number of hydrogen-bond acceptors (Lipinski definition) is 4. The molecule has 0 saturated carbocycles. The summed E-state index contributed by atoms with van der Waals surface area (Å²) in [7, 11) is 1.72. The predicted octanol–water partition coefficient (Wildman–Crippen LogP) is 0.423. The Labute approximate surface area is 82.1 Å². The standard InChI is InChI=1S/C9H13N3O2/c1-6-7(3-4-14-6)8(13)9-10-5-11-12(9)2/h5-7H,3-4H2,1-2H3. The number of carbonyl (C=O) groups excluding carboxylic acids is 1. The maximum Gasteiger partial charge on any atom is 0.205 e. The number of hydrogen-bond donors (Lipinski definition) is 0. The Morgan fingerprint density at radius 2 is 2.50 bits per heavy atom. The first-order valence-electron chi connectivity index (χ1n) is 4.70. The molecule has 2 rings (SSSR count). The van der Waals surface area contributed by atoms with Crippen molar-refractivity contribution in [2.45, 2.75) is 19.4 Å². The third-order valence-electron chi connectivity index (χ3n) is 2.64. The average molecular weight is 195 g/mol. The molecular weight excluding hydrogens is 182 g/mol. The Bertz CT molecular complexity index is 348. The van der Waals surface area contributed by atoms with Gasteiger partial charge in [0.05, 0.1) is 12.0 Å². The molecule has 0 aromatic carbocycles. The molecule has 2 atom stereocenters. The van der Waals surface area contributed by atoms with Gasteiger partial charge in [0.25, 0.3) is 0 Å². The summed E-state index contributed by atoms with van der Waals surface area (Å²) in [6, 6.07) is 0. The summed E-state index contributed by atoms with van der Waals surface area (Å²) in [4.78, 5) is 15.9. The zero-order valence-corrected chi connectivity index (χ0v) is 8.30. The summed E-state index contributed by atoms with van der Waals surface area (Å²) in [6.07, 6.45) is 2.18. The second-order valence-corrected chi connectivity index (χ2v) is 3.54. The van der Waals surface area contributed by atoms with Crippen molar-refractivity contribution in [3.63, 3.8) is 0 Å². The van der Waals surface area contributed by atoms with Crippen LogP contribution in [0.15, 0.2) is 6.33 Å². The van der Waals surface area contributed by atoms with Crippen LogP contribution < -0.4 is 0 Å². The minimum Gasteiger partial charge on any atom is -0.378 e. The van der Waals surface area contributed by atoms with Gasteiger partial charge in [0.2, 0.25) is 5.78 Å². The van der Waals surface area contributed by atoms with Crippen molar-refractivity contribution in [1.29, 1.82) is 0 Å². The number of nitrogens with zero attached hydrogens (tertiary/aromatic N) is 3. The first-order valence-corrected chi connectivity index (χ1v) is 4.70. The predicted molar refractivity (Wildman–Crippen MR) is 48.9 cm³/mol. The fraction of sp³-hybridized carbons (Fsp3) is 0.667. The third kappa shape index (κ3) is 1.43. The lowest BCUT2D eigenvalue weighted by Crippen LogP contribution is -2.24. The van der Waals surface area contributed by atoms with Crippen LogP contribution in [0.4, 0.5) is 0 Å². The molecule has 5 heteroatoms. The first kappa shape index (κ1) is 9.33. The highest BCUT2D eigenvalue weighted by Gasteiger charge is 2.33. The van der Waals surface area contributed by atoms with Crippen LogP contribution in [-0.2, 0) is 11.8 Å². The summed E-state index contributed by atoms with van der Waals surface area (Å²) >= 11 is 0. The quantitative estimate of drug-likeness (QED) is 0.642. The highest BCUT2D eigenvalue weighted by Crippen LogP contribution is 2.23. The molecule has 1 aliphatic heterocycles. The van der Waals surface area contributed by atoms with E-state index in [0.717, 1.165) is 6.42 Å². The Morgan fingerprint density at radius 1 is 1.71 bits per heavy atom. The number of aromatic nitrogens is 3. The lowest BCUT2D eigenvalue weighted by molar-refractivity contribution is 0.0751. The van der Waals surface area contributed by atoms with Crippen LogP contribution in [-0.4, -0.2) is 33.3 Å². The molecule has 5 nitrogen and oxygen atoms in total. The van der Waals surface area contributed by atoms with E-state index in [2.05, 4.69) is 10.1 Å². The highest BCUT2D eigenvalue weighted by atomic mass is 16.5. The lowest BCUT2D eigenvalue weighted by Gasteiger charge is -2.11. The van der Waals surface area contributed by atoms with Crippen molar-refractivity contribution in [2.24, 2.45) is 13.0 Å².